The van der Waals surface area contributed by atoms with Crippen molar-refractivity contribution in [2.24, 2.45) is 5.73 Å². The minimum atomic E-state index is -0.156. The fourth-order valence-corrected chi connectivity index (χ4v) is 1.69. The van der Waals surface area contributed by atoms with Crippen molar-refractivity contribution in [1.82, 2.24) is 5.32 Å². The molecule has 106 valence electrons. The molecule has 0 bridgehead atoms. The van der Waals surface area contributed by atoms with Gasteiger partial charge in [-0.15, -0.1) is 0 Å². The van der Waals surface area contributed by atoms with Crippen LogP contribution in [0.5, 0.6) is 5.75 Å². The number of ether oxygens (including phenoxy) is 2. The Morgan fingerprint density at radius 1 is 1.42 bits per heavy atom. The SMILES string of the molecule is COCCNC(=O)COc1ccc(C)cc1CCN. The lowest BCUT2D eigenvalue weighted by atomic mass is 10.1. The number of aryl methyl sites for hydroxylation is 1. The maximum absolute atomic E-state index is 11.5. The van der Waals surface area contributed by atoms with Crippen LogP contribution in [0.3, 0.4) is 0 Å². The first-order valence-electron chi connectivity index (χ1n) is 6.35. The van der Waals surface area contributed by atoms with Gasteiger partial charge in [-0.2, -0.15) is 0 Å². The smallest absolute Gasteiger partial charge is 0.258 e. The Morgan fingerprint density at radius 2 is 2.21 bits per heavy atom. The summed E-state index contributed by atoms with van der Waals surface area (Å²) < 4.78 is 10.4. The Balaban J connectivity index is 2.50. The van der Waals surface area contributed by atoms with Crippen LogP contribution in [-0.4, -0.2) is 39.3 Å². The summed E-state index contributed by atoms with van der Waals surface area (Å²) in [5, 5.41) is 2.70. The van der Waals surface area contributed by atoms with Crippen LogP contribution in [0.25, 0.3) is 0 Å². The summed E-state index contributed by atoms with van der Waals surface area (Å²) in [4.78, 5) is 11.5. The molecule has 0 aliphatic rings. The molecule has 0 aliphatic carbocycles. The van der Waals surface area contributed by atoms with Crippen molar-refractivity contribution in [2.75, 3.05) is 33.4 Å². The molecule has 0 spiro atoms. The molecule has 3 N–H and O–H groups in total. The first kappa shape index (κ1) is 15.5. The second-order valence-corrected chi connectivity index (χ2v) is 4.28. The lowest BCUT2D eigenvalue weighted by Gasteiger charge is -2.12. The molecule has 19 heavy (non-hydrogen) atoms. The molecular formula is C14H22N2O3. The van der Waals surface area contributed by atoms with Gasteiger partial charge in [0.25, 0.3) is 5.91 Å². The zero-order valence-corrected chi connectivity index (χ0v) is 11.6. The van der Waals surface area contributed by atoms with Gasteiger partial charge in [0.1, 0.15) is 5.75 Å². The zero-order chi connectivity index (χ0) is 14.1. The highest BCUT2D eigenvalue weighted by atomic mass is 16.5. The quantitative estimate of drug-likeness (QED) is 0.677. The Labute approximate surface area is 114 Å². The molecule has 1 aromatic carbocycles. The molecule has 0 heterocycles. The Kier molecular flexibility index (Phi) is 6.92. The van der Waals surface area contributed by atoms with Crippen molar-refractivity contribution in [3.8, 4) is 5.75 Å². The van der Waals surface area contributed by atoms with Gasteiger partial charge in [-0.05, 0) is 31.5 Å². The molecule has 1 amide bonds. The van der Waals surface area contributed by atoms with E-state index in [4.69, 9.17) is 15.2 Å². The zero-order valence-electron chi connectivity index (χ0n) is 11.6. The van der Waals surface area contributed by atoms with E-state index >= 15 is 0 Å². The van der Waals surface area contributed by atoms with Crippen molar-refractivity contribution in [3.05, 3.63) is 29.3 Å². The largest absolute Gasteiger partial charge is 0.483 e. The van der Waals surface area contributed by atoms with Crippen molar-refractivity contribution in [2.45, 2.75) is 13.3 Å². The van der Waals surface area contributed by atoms with Crippen LogP contribution in [0.4, 0.5) is 0 Å². The van der Waals surface area contributed by atoms with E-state index in [0.717, 1.165) is 23.3 Å². The average molecular weight is 266 g/mol. The molecule has 0 atom stereocenters. The highest BCUT2D eigenvalue weighted by molar-refractivity contribution is 5.77. The first-order chi connectivity index (χ1) is 9.17. The van der Waals surface area contributed by atoms with Crippen LogP contribution in [0.15, 0.2) is 18.2 Å². The van der Waals surface area contributed by atoms with Crippen LogP contribution in [-0.2, 0) is 16.0 Å². The van der Waals surface area contributed by atoms with E-state index in [0.29, 0.717) is 19.7 Å². The number of rotatable bonds is 8. The van der Waals surface area contributed by atoms with Crippen molar-refractivity contribution >= 4 is 5.91 Å². The maximum Gasteiger partial charge on any atom is 0.258 e. The summed E-state index contributed by atoms with van der Waals surface area (Å²) in [5.74, 6) is 0.564. The fourth-order valence-electron chi connectivity index (χ4n) is 1.69. The molecular weight excluding hydrogens is 244 g/mol. The number of amides is 1. The number of benzene rings is 1. The van der Waals surface area contributed by atoms with Crippen molar-refractivity contribution < 1.29 is 14.3 Å². The summed E-state index contributed by atoms with van der Waals surface area (Å²) in [6, 6.07) is 5.87. The number of nitrogens with two attached hydrogens (primary N) is 1. The second-order valence-electron chi connectivity index (χ2n) is 4.28. The summed E-state index contributed by atoms with van der Waals surface area (Å²) >= 11 is 0. The summed E-state index contributed by atoms with van der Waals surface area (Å²) in [6.45, 7) is 3.56. The predicted molar refractivity (Wildman–Crippen MR) is 74.3 cm³/mol. The van der Waals surface area contributed by atoms with Crippen LogP contribution in [0, 0.1) is 6.92 Å². The molecule has 0 unspecified atom stereocenters. The monoisotopic (exact) mass is 266 g/mol. The van der Waals surface area contributed by atoms with Gasteiger partial charge in [-0.1, -0.05) is 17.7 Å². The van der Waals surface area contributed by atoms with E-state index in [1.165, 1.54) is 0 Å². The van der Waals surface area contributed by atoms with Gasteiger partial charge in [0.15, 0.2) is 6.61 Å². The third-order valence-electron chi connectivity index (χ3n) is 2.62. The molecule has 1 rings (SSSR count). The van der Waals surface area contributed by atoms with Gasteiger partial charge in [-0.25, -0.2) is 0 Å². The summed E-state index contributed by atoms with van der Waals surface area (Å²) in [5.41, 5.74) is 7.76. The first-order valence-corrected chi connectivity index (χ1v) is 6.35. The minimum absolute atomic E-state index is 0.00431. The van der Waals surface area contributed by atoms with Crippen LogP contribution < -0.4 is 15.8 Å². The molecule has 0 saturated carbocycles. The summed E-state index contributed by atoms with van der Waals surface area (Å²) in [7, 11) is 1.59. The molecule has 0 saturated heterocycles. The third-order valence-corrected chi connectivity index (χ3v) is 2.62. The fraction of sp³-hybridized carbons (Fsp3) is 0.500. The number of hydrogen-bond donors (Lipinski definition) is 2. The standard InChI is InChI=1S/C14H22N2O3/c1-11-3-4-13(12(9-11)5-6-15)19-10-14(17)16-7-8-18-2/h3-4,9H,5-8,10,15H2,1-2H3,(H,16,17). The average Bonchev–Trinajstić information content (AvgIpc) is 2.38. The lowest BCUT2D eigenvalue weighted by Crippen LogP contribution is -2.31. The maximum atomic E-state index is 11.5. The molecule has 0 radical (unpaired) electrons. The third kappa shape index (κ3) is 5.72. The molecule has 0 aromatic heterocycles. The lowest BCUT2D eigenvalue weighted by molar-refractivity contribution is -0.123. The van der Waals surface area contributed by atoms with E-state index in [-0.39, 0.29) is 12.5 Å². The van der Waals surface area contributed by atoms with Gasteiger partial charge in [0, 0.05) is 13.7 Å². The molecule has 1 aromatic rings. The summed E-state index contributed by atoms with van der Waals surface area (Å²) in [6.07, 6.45) is 0.738. The van der Waals surface area contributed by atoms with E-state index in [1.54, 1.807) is 7.11 Å². The Morgan fingerprint density at radius 3 is 2.89 bits per heavy atom. The number of carbonyl (C=O) groups is 1. The Hall–Kier alpha value is -1.59. The minimum Gasteiger partial charge on any atom is -0.483 e. The van der Waals surface area contributed by atoms with E-state index < -0.39 is 0 Å². The highest BCUT2D eigenvalue weighted by Gasteiger charge is 2.06. The highest BCUT2D eigenvalue weighted by Crippen LogP contribution is 2.20. The van der Waals surface area contributed by atoms with E-state index in [9.17, 15) is 4.79 Å². The van der Waals surface area contributed by atoms with Gasteiger partial charge in [-0.3, -0.25) is 4.79 Å². The number of nitrogens with one attached hydrogen (secondary N) is 1. The van der Waals surface area contributed by atoms with Gasteiger partial charge in [0.2, 0.25) is 0 Å². The van der Waals surface area contributed by atoms with Gasteiger partial charge < -0.3 is 20.5 Å². The van der Waals surface area contributed by atoms with Gasteiger partial charge in [0.05, 0.1) is 6.61 Å². The molecule has 5 nitrogen and oxygen atoms in total. The van der Waals surface area contributed by atoms with E-state index in [1.807, 2.05) is 25.1 Å². The number of carbonyl (C=O) groups excluding carboxylic acids is 1. The second kappa shape index (κ2) is 8.50. The molecule has 0 aliphatic heterocycles. The van der Waals surface area contributed by atoms with Crippen LogP contribution in [0.1, 0.15) is 11.1 Å². The van der Waals surface area contributed by atoms with Gasteiger partial charge >= 0.3 is 0 Å². The number of methoxy groups -OCH3 is 1. The van der Waals surface area contributed by atoms with Crippen molar-refractivity contribution in [3.63, 3.8) is 0 Å². The molecule has 0 fully saturated rings. The molecule has 5 heteroatoms. The van der Waals surface area contributed by atoms with Crippen LogP contribution in [0.2, 0.25) is 0 Å². The van der Waals surface area contributed by atoms with E-state index in [2.05, 4.69) is 5.32 Å². The Bertz CT molecular complexity index is 408. The topological polar surface area (TPSA) is 73.6 Å². The predicted octanol–water partition coefficient (Wildman–Crippen LogP) is 0.638. The number of hydrogen-bond acceptors (Lipinski definition) is 4. The normalized spacial score (nSPS) is 10.3. The van der Waals surface area contributed by atoms with Crippen LogP contribution >= 0.6 is 0 Å². The van der Waals surface area contributed by atoms with Crippen molar-refractivity contribution in [1.29, 1.82) is 0 Å².